The van der Waals surface area contributed by atoms with Crippen molar-refractivity contribution in [1.29, 1.82) is 0 Å². The molecule has 4 nitrogen and oxygen atoms in total. The van der Waals surface area contributed by atoms with E-state index in [1.165, 1.54) is 12.1 Å². The zero-order valence-electron chi connectivity index (χ0n) is 9.24. The van der Waals surface area contributed by atoms with E-state index in [4.69, 9.17) is 5.11 Å². The van der Waals surface area contributed by atoms with Gasteiger partial charge in [-0.15, -0.1) is 0 Å². The van der Waals surface area contributed by atoms with E-state index in [1.54, 1.807) is 13.0 Å². The molecule has 2 rings (SSSR count). The fraction of sp³-hybridized carbons (Fsp3) is 0.333. The maximum absolute atomic E-state index is 13.1. The normalized spacial score (nSPS) is 22.0. The molecule has 17 heavy (non-hydrogen) atoms. The van der Waals surface area contributed by atoms with Crippen LogP contribution in [-0.2, 0) is 9.59 Å². The molecule has 1 fully saturated rings. The van der Waals surface area contributed by atoms with Crippen molar-refractivity contribution in [3.8, 4) is 0 Å². The summed E-state index contributed by atoms with van der Waals surface area (Å²) in [6, 6.07) is 4.20. The van der Waals surface area contributed by atoms with Gasteiger partial charge < -0.3 is 10.4 Å². The van der Waals surface area contributed by atoms with E-state index in [1.807, 2.05) is 0 Å². The third-order valence-corrected chi connectivity index (χ3v) is 2.75. The predicted octanol–water partition coefficient (Wildman–Crippen LogP) is 1.79. The average Bonchev–Trinajstić information content (AvgIpc) is 2.94. The molecule has 90 valence electrons. The summed E-state index contributed by atoms with van der Waals surface area (Å²) in [4.78, 5) is 22.2. The Balaban J connectivity index is 2.02. The Morgan fingerprint density at radius 1 is 1.35 bits per heavy atom. The molecule has 2 unspecified atom stereocenters. The smallest absolute Gasteiger partial charge is 0.307 e. The first kappa shape index (κ1) is 11.6. The summed E-state index contributed by atoms with van der Waals surface area (Å²) in [7, 11) is 0. The van der Waals surface area contributed by atoms with E-state index in [0.717, 1.165) is 0 Å². The molecular formula is C12H12FNO3. The Bertz CT molecular complexity index is 466. The monoisotopic (exact) mass is 237 g/mol. The lowest BCUT2D eigenvalue weighted by molar-refractivity contribution is -0.139. The van der Waals surface area contributed by atoms with Crippen LogP contribution in [0.25, 0.3) is 0 Å². The van der Waals surface area contributed by atoms with Crippen LogP contribution in [0, 0.1) is 24.6 Å². The molecule has 0 aromatic heterocycles. The van der Waals surface area contributed by atoms with Crippen molar-refractivity contribution >= 4 is 17.6 Å². The maximum atomic E-state index is 13.1. The van der Waals surface area contributed by atoms with Gasteiger partial charge in [-0.05, 0) is 37.1 Å². The fourth-order valence-corrected chi connectivity index (χ4v) is 1.80. The summed E-state index contributed by atoms with van der Waals surface area (Å²) < 4.78 is 13.1. The highest BCUT2D eigenvalue weighted by Gasteiger charge is 2.48. The van der Waals surface area contributed by atoms with Gasteiger partial charge in [-0.3, -0.25) is 9.59 Å². The van der Waals surface area contributed by atoms with Crippen LogP contribution in [0.4, 0.5) is 10.1 Å². The van der Waals surface area contributed by atoms with Gasteiger partial charge in [0.1, 0.15) is 5.82 Å². The zero-order valence-corrected chi connectivity index (χ0v) is 9.24. The number of hydrogen-bond acceptors (Lipinski definition) is 2. The lowest BCUT2D eigenvalue weighted by Gasteiger charge is -2.05. The summed E-state index contributed by atoms with van der Waals surface area (Å²) in [5, 5.41) is 11.2. The molecule has 1 amide bonds. The van der Waals surface area contributed by atoms with Gasteiger partial charge in [-0.25, -0.2) is 4.39 Å². The summed E-state index contributed by atoms with van der Waals surface area (Å²) in [6.07, 6.45) is 0.357. The Morgan fingerprint density at radius 3 is 2.59 bits per heavy atom. The van der Waals surface area contributed by atoms with Gasteiger partial charge in [0.2, 0.25) is 5.91 Å². The minimum atomic E-state index is -0.958. The Hall–Kier alpha value is -1.91. The molecule has 0 spiro atoms. The largest absolute Gasteiger partial charge is 0.481 e. The van der Waals surface area contributed by atoms with Gasteiger partial charge in [0, 0.05) is 5.69 Å². The number of carbonyl (C=O) groups excluding carboxylic acids is 1. The van der Waals surface area contributed by atoms with Crippen molar-refractivity contribution in [3.05, 3.63) is 29.6 Å². The number of carboxylic acid groups (broad SMARTS) is 1. The molecule has 0 aliphatic heterocycles. The van der Waals surface area contributed by atoms with E-state index >= 15 is 0 Å². The van der Waals surface area contributed by atoms with Gasteiger partial charge in [0.25, 0.3) is 0 Å². The molecular weight excluding hydrogens is 225 g/mol. The number of halogens is 1. The van der Waals surface area contributed by atoms with Gasteiger partial charge in [0.05, 0.1) is 11.8 Å². The molecule has 1 aromatic rings. The van der Waals surface area contributed by atoms with Crippen LogP contribution in [0.15, 0.2) is 18.2 Å². The summed E-state index contributed by atoms with van der Waals surface area (Å²) in [5.74, 6) is -2.82. The number of amides is 1. The van der Waals surface area contributed by atoms with Gasteiger partial charge >= 0.3 is 5.97 Å². The van der Waals surface area contributed by atoms with Crippen molar-refractivity contribution in [3.63, 3.8) is 0 Å². The number of aryl methyl sites for hydroxylation is 1. The lowest BCUT2D eigenvalue weighted by Crippen LogP contribution is -2.16. The van der Waals surface area contributed by atoms with Gasteiger partial charge in [0.15, 0.2) is 0 Å². The highest BCUT2D eigenvalue weighted by molar-refractivity contribution is 5.98. The molecule has 0 bridgehead atoms. The third-order valence-electron chi connectivity index (χ3n) is 2.75. The van der Waals surface area contributed by atoms with E-state index in [2.05, 4.69) is 5.32 Å². The second-order valence-corrected chi connectivity index (χ2v) is 4.29. The van der Waals surface area contributed by atoms with Crippen molar-refractivity contribution in [1.82, 2.24) is 0 Å². The highest BCUT2D eigenvalue weighted by atomic mass is 19.1. The fourth-order valence-electron chi connectivity index (χ4n) is 1.80. The summed E-state index contributed by atoms with van der Waals surface area (Å²) in [6.45, 7) is 1.72. The van der Waals surface area contributed by atoms with Crippen LogP contribution in [0.3, 0.4) is 0 Å². The van der Waals surface area contributed by atoms with Crippen LogP contribution in [0.1, 0.15) is 12.0 Å². The Morgan fingerprint density at radius 2 is 2.06 bits per heavy atom. The standard InChI is InChI=1S/C12H12FNO3/c1-6-2-7(13)4-8(3-6)14-11(15)9-5-10(9)12(16)17/h2-4,9-10H,5H2,1H3,(H,14,15)(H,16,17). The predicted molar refractivity (Wildman–Crippen MR) is 59.0 cm³/mol. The maximum Gasteiger partial charge on any atom is 0.307 e. The first-order valence-corrected chi connectivity index (χ1v) is 5.28. The molecule has 0 radical (unpaired) electrons. The number of anilines is 1. The minimum Gasteiger partial charge on any atom is -0.481 e. The molecule has 1 aliphatic rings. The van der Waals surface area contributed by atoms with Crippen LogP contribution in [0.2, 0.25) is 0 Å². The molecule has 1 saturated carbocycles. The number of carbonyl (C=O) groups is 2. The lowest BCUT2D eigenvalue weighted by atomic mass is 10.2. The van der Waals surface area contributed by atoms with Crippen LogP contribution in [0.5, 0.6) is 0 Å². The second-order valence-electron chi connectivity index (χ2n) is 4.29. The van der Waals surface area contributed by atoms with Gasteiger partial charge in [-0.1, -0.05) is 0 Å². The summed E-state index contributed by atoms with van der Waals surface area (Å²) in [5.41, 5.74) is 1.06. The molecule has 5 heteroatoms. The van der Waals surface area contributed by atoms with E-state index in [9.17, 15) is 14.0 Å². The Labute approximate surface area is 97.4 Å². The number of aliphatic carboxylic acids is 1. The van der Waals surface area contributed by atoms with Crippen molar-refractivity contribution in [2.24, 2.45) is 11.8 Å². The Kier molecular flexibility index (Phi) is 2.83. The van der Waals surface area contributed by atoms with Crippen molar-refractivity contribution in [2.45, 2.75) is 13.3 Å². The van der Waals surface area contributed by atoms with Crippen molar-refractivity contribution < 1.29 is 19.1 Å². The number of nitrogens with one attached hydrogen (secondary N) is 1. The number of hydrogen-bond donors (Lipinski definition) is 2. The van der Waals surface area contributed by atoms with Crippen LogP contribution in [-0.4, -0.2) is 17.0 Å². The molecule has 2 N–H and O–H groups in total. The molecule has 0 saturated heterocycles. The number of carboxylic acids is 1. The van der Waals surface area contributed by atoms with Crippen LogP contribution >= 0.6 is 0 Å². The number of benzene rings is 1. The zero-order chi connectivity index (χ0) is 12.6. The van der Waals surface area contributed by atoms with Crippen molar-refractivity contribution in [2.75, 3.05) is 5.32 Å². The molecule has 1 aliphatic carbocycles. The highest BCUT2D eigenvalue weighted by Crippen LogP contribution is 2.39. The first-order valence-electron chi connectivity index (χ1n) is 5.28. The topological polar surface area (TPSA) is 66.4 Å². The molecule has 0 heterocycles. The van der Waals surface area contributed by atoms with Crippen LogP contribution < -0.4 is 5.32 Å². The van der Waals surface area contributed by atoms with Gasteiger partial charge in [-0.2, -0.15) is 0 Å². The van der Waals surface area contributed by atoms with E-state index in [-0.39, 0.29) is 5.91 Å². The summed E-state index contributed by atoms with van der Waals surface area (Å²) >= 11 is 0. The minimum absolute atomic E-state index is 0.357. The van der Waals surface area contributed by atoms with E-state index < -0.39 is 23.6 Å². The average molecular weight is 237 g/mol. The third kappa shape index (κ3) is 2.61. The second kappa shape index (κ2) is 4.16. The number of rotatable bonds is 3. The van der Waals surface area contributed by atoms with E-state index in [0.29, 0.717) is 17.7 Å². The quantitative estimate of drug-likeness (QED) is 0.842. The SMILES string of the molecule is Cc1cc(F)cc(NC(=O)C2CC2C(=O)O)c1. The first-order chi connectivity index (χ1) is 7.97. The molecule has 2 atom stereocenters. The molecule has 1 aromatic carbocycles.